The average molecular weight is 252 g/mol. The van der Waals surface area contributed by atoms with Crippen molar-refractivity contribution in [1.29, 1.82) is 0 Å². The Morgan fingerprint density at radius 2 is 2.17 bits per heavy atom. The zero-order chi connectivity index (χ0) is 13.1. The van der Waals surface area contributed by atoms with Crippen LogP contribution in [0.2, 0.25) is 0 Å². The van der Waals surface area contributed by atoms with Crippen LogP contribution in [0.3, 0.4) is 0 Å². The van der Waals surface area contributed by atoms with Crippen molar-refractivity contribution in [2.24, 2.45) is 0 Å². The van der Waals surface area contributed by atoms with Gasteiger partial charge in [0.25, 0.3) is 5.91 Å². The molecule has 0 aliphatic carbocycles. The van der Waals surface area contributed by atoms with Gasteiger partial charge in [-0.25, -0.2) is 9.18 Å². The molecular formula is C12H13FN2O3. The first-order chi connectivity index (χ1) is 8.56. The molecule has 1 unspecified atom stereocenters. The van der Waals surface area contributed by atoms with E-state index in [9.17, 15) is 14.0 Å². The van der Waals surface area contributed by atoms with Gasteiger partial charge < -0.3 is 15.0 Å². The zero-order valence-electron chi connectivity index (χ0n) is 9.85. The molecule has 1 N–H and O–H groups in total. The highest BCUT2D eigenvalue weighted by Crippen LogP contribution is 2.08. The Bertz CT molecular complexity index is 461. The summed E-state index contributed by atoms with van der Waals surface area (Å²) in [4.78, 5) is 24.2. The van der Waals surface area contributed by atoms with E-state index in [1.807, 2.05) is 0 Å². The van der Waals surface area contributed by atoms with E-state index in [1.54, 1.807) is 7.05 Å². The average Bonchev–Trinajstić information content (AvgIpc) is 2.67. The SMILES string of the molecule is CN1CC(CNC(=O)c2ccc(F)cc2)OC1=O. The number of ether oxygens (including phenoxy) is 1. The molecule has 2 amide bonds. The van der Waals surface area contributed by atoms with Crippen molar-refractivity contribution >= 4 is 12.0 Å². The van der Waals surface area contributed by atoms with Gasteiger partial charge in [-0.3, -0.25) is 4.79 Å². The monoisotopic (exact) mass is 252 g/mol. The molecule has 0 radical (unpaired) electrons. The maximum Gasteiger partial charge on any atom is 0.410 e. The molecule has 1 aromatic carbocycles. The number of nitrogens with one attached hydrogen (secondary N) is 1. The van der Waals surface area contributed by atoms with E-state index < -0.39 is 11.9 Å². The number of rotatable bonds is 3. The van der Waals surface area contributed by atoms with Gasteiger partial charge in [-0.2, -0.15) is 0 Å². The third-order valence-corrected chi connectivity index (χ3v) is 2.65. The van der Waals surface area contributed by atoms with Crippen LogP contribution in [0.5, 0.6) is 0 Å². The van der Waals surface area contributed by atoms with E-state index >= 15 is 0 Å². The molecule has 2 rings (SSSR count). The molecule has 0 spiro atoms. The number of halogens is 1. The lowest BCUT2D eigenvalue weighted by atomic mass is 10.2. The number of cyclic esters (lactones) is 1. The lowest BCUT2D eigenvalue weighted by molar-refractivity contribution is 0.0915. The van der Waals surface area contributed by atoms with Crippen molar-refractivity contribution in [3.63, 3.8) is 0 Å². The van der Waals surface area contributed by atoms with E-state index in [1.165, 1.54) is 29.2 Å². The molecule has 1 saturated heterocycles. The van der Waals surface area contributed by atoms with Crippen LogP contribution >= 0.6 is 0 Å². The van der Waals surface area contributed by atoms with Gasteiger partial charge in [-0.15, -0.1) is 0 Å². The molecule has 5 nitrogen and oxygen atoms in total. The Morgan fingerprint density at radius 3 is 2.72 bits per heavy atom. The Kier molecular flexibility index (Phi) is 3.45. The molecule has 96 valence electrons. The summed E-state index contributed by atoms with van der Waals surface area (Å²) >= 11 is 0. The highest BCUT2D eigenvalue weighted by molar-refractivity contribution is 5.94. The topological polar surface area (TPSA) is 58.6 Å². The first-order valence-corrected chi connectivity index (χ1v) is 5.52. The van der Waals surface area contributed by atoms with E-state index in [4.69, 9.17) is 4.74 Å². The Hall–Kier alpha value is -2.11. The van der Waals surface area contributed by atoms with Crippen LogP contribution in [0, 0.1) is 5.82 Å². The van der Waals surface area contributed by atoms with Gasteiger partial charge in [0.15, 0.2) is 0 Å². The van der Waals surface area contributed by atoms with E-state index in [0.29, 0.717) is 12.1 Å². The lowest BCUT2D eigenvalue weighted by Crippen LogP contribution is -2.34. The van der Waals surface area contributed by atoms with Gasteiger partial charge in [-0.05, 0) is 24.3 Å². The molecule has 1 aromatic rings. The van der Waals surface area contributed by atoms with Crippen molar-refractivity contribution in [1.82, 2.24) is 10.2 Å². The van der Waals surface area contributed by atoms with Crippen molar-refractivity contribution in [3.05, 3.63) is 35.6 Å². The number of benzene rings is 1. The molecule has 1 fully saturated rings. The van der Waals surface area contributed by atoms with E-state index in [0.717, 1.165) is 0 Å². The smallest absolute Gasteiger partial charge is 0.410 e. The van der Waals surface area contributed by atoms with Crippen molar-refractivity contribution < 1.29 is 18.7 Å². The van der Waals surface area contributed by atoms with Gasteiger partial charge in [0, 0.05) is 12.6 Å². The fraction of sp³-hybridized carbons (Fsp3) is 0.333. The molecule has 0 aromatic heterocycles. The second-order valence-corrected chi connectivity index (χ2v) is 4.10. The Labute approximate surface area is 104 Å². The molecule has 1 aliphatic heterocycles. The van der Waals surface area contributed by atoms with Crippen molar-refractivity contribution in [2.75, 3.05) is 20.1 Å². The van der Waals surface area contributed by atoms with Crippen LogP contribution in [0.4, 0.5) is 9.18 Å². The molecule has 6 heteroatoms. The van der Waals surface area contributed by atoms with Crippen molar-refractivity contribution in [2.45, 2.75) is 6.10 Å². The van der Waals surface area contributed by atoms with Crippen molar-refractivity contribution in [3.8, 4) is 0 Å². The molecule has 18 heavy (non-hydrogen) atoms. The molecular weight excluding hydrogens is 239 g/mol. The Morgan fingerprint density at radius 1 is 1.50 bits per heavy atom. The van der Waals surface area contributed by atoms with Crippen LogP contribution in [-0.2, 0) is 4.74 Å². The summed E-state index contributed by atoms with van der Waals surface area (Å²) in [5.41, 5.74) is 0.370. The highest BCUT2D eigenvalue weighted by Gasteiger charge is 2.28. The van der Waals surface area contributed by atoms with Crippen LogP contribution in [0.15, 0.2) is 24.3 Å². The third kappa shape index (κ3) is 2.77. The third-order valence-electron chi connectivity index (χ3n) is 2.65. The minimum Gasteiger partial charge on any atom is -0.442 e. The molecule has 0 bridgehead atoms. The maximum absolute atomic E-state index is 12.7. The zero-order valence-corrected chi connectivity index (χ0v) is 9.85. The number of hydrogen-bond donors (Lipinski definition) is 1. The van der Waals surface area contributed by atoms with Crippen LogP contribution in [0.1, 0.15) is 10.4 Å². The number of carbonyl (C=O) groups is 2. The number of hydrogen-bond acceptors (Lipinski definition) is 3. The largest absolute Gasteiger partial charge is 0.442 e. The predicted molar refractivity (Wildman–Crippen MR) is 61.6 cm³/mol. The second-order valence-electron chi connectivity index (χ2n) is 4.10. The summed E-state index contributed by atoms with van der Waals surface area (Å²) in [7, 11) is 1.63. The number of likely N-dealkylation sites (N-methyl/N-ethyl adjacent to an activating group) is 1. The predicted octanol–water partition coefficient (Wildman–Crippen LogP) is 1.01. The van der Waals surface area contributed by atoms with E-state index in [2.05, 4.69) is 5.32 Å². The quantitative estimate of drug-likeness (QED) is 0.873. The first kappa shape index (κ1) is 12.3. The van der Waals surface area contributed by atoms with Crippen LogP contribution < -0.4 is 5.32 Å². The first-order valence-electron chi connectivity index (χ1n) is 5.52. The van der Waals surface area contributed by atoms with Crippen LogP contribution in [-0.4, -0.2) is 43.1 Å². The number of carbonyl (C=O) groups excluding carboxylic acids is 2. The number of amides is 2. The van der Waals surface area contributed by atoms with Gasteiger partial charge in [0.2, 0.25) is 0 Å². The van der Waals surface area contributed by atoms with E-state index in [-0.39, 0.29) is 18.6 Å². The maximum atomic E-state index is 12.7. The fourth-order valence-electron chi connectivity index (χ4n) is 1.67. The highest BCUT2D eigenvalue weighted by atomic mass is 19.1. The molecule has 1 atom stereocenters. The second kappa shape index (κ2) is 5.03. The van der Waals surface area contributed by atoms with Gasteiger partial charge in [-0.1, -0.05) is 0 Å². The summed E-state index contributed by atoms with van der Waals surface area (Å²) in [6.07, 6.45) is -0.733. The molecule has 1 aliphatic rings. The molecule has 1 heterocycles. The summed E-state index contributed by atoms with van der Waals surface area (Å²) in [6.45, 7) is 0.689. The molecule has 0 saturated carbocycles. The van der Waals surface area contributed by atoms with Crippen LogP contribution in [0.25, 0.3) is 0 Å². The lowest BCUT2D eigenvalue weighted by Gasteiger charge is -2.09. The number of nitrogens with zero attached hydrogens (tertiary/aromatic N) is 1. The van der Waals surface area contributed by atoms with Gasteiger partial charge in [0.05, 0.1) is 13.1 Å². The fourth-order valence-corrected chi connectivity index (χ4v) is 1.67. The normalized spacial score (nSPS) is 18.7. The standard InChI is InChI=1S/C12H13FN2O3/c1-15-7-10(18-12(15)17)6-14-11(16)8-2-4-9(13)5-3-8/h2-5,10H,6-7H2,1H3,(H,14,16). The summed E-state index contributed by atoms with van der Waals surface area (Å²) in [6, 6.07) is 5.24. The Balaban J connectivity index is 1.85. The summed E-state index contributed by atoms with van der Waals surface area (Å²) < 4.78 is 17.7. The summed E-state index contributed by atoms with van der Waals surface area (Å²) in [5.74, 6) is -0.710. The minimum atomic E-state index is -0.393. The summed E-state index contributed by atoms with van der Waals surface area (Å²) in [5, 5.41) is 2.64. The van der Waals surface area contributed by atoms with Gasteiger partial charge in [0.1, 0.15) is 11.9 Å². The minimum absolute atomic E-state index is 0.242. The van der Waals surface area contributed by atoms with Gasteiger partial charge >= 0.3 is 6.09 Å².